The third kappa shape index (κ3) is 6.51. The number of hydrogen-bond donors (Lipinski definition) is 2. The monoisotopic (exact) mass is 541 g/mol. The summed E-state index contributed by atoms with van der Waals surface area (Å²) in [5.74, 6) is -2.61. The van der Waals surface area contributed by atoms with Crippen LogP contribution < -0.4 is 10.6 Å². The van der Waals surface area contributed by atoms with Gasteiger partial charge in [0, 0.05) is 55.6 Å². The van der Waals surface area contributed by atoms with E-state index < -0.39 is 29.4 Å². The molecule has 2 amide bonds. The first kappa shape index (κ1) is 27.6. The normalized spacial score (nSPS) is 23.5. The number of halogens is 3. The lowest BCUT2D eigenvalue weighted by Gasteiger charge is -2.30. The van der Waals surface area contributed by atoms with Gasteiger partial charge in [-0.25, -0.2) is 9.98 Å². The summed E-state index contributed by atoms with van der Waals surface area (Å²) < 4.78 is 48.3. The number of nitrogens with zero attached hydrogens (tertiary/aromatic N) is 3. The summed E-state index contributed by atoms with van der Waals surface area (Å²) in [5, 5.41) is 5.90. The number of alkyl halides is 3. The number of amidine groups is 1. The van der Waals surface area contributed by atoms with Crippen LogP contribution in [0.1, 0.15) is 85.0 Å². The first-order valence-electron chi connectivity index (χ1n) is 12.7. The zero-order valence-electron chi connectivity index (χ0n) is 21.6. The van der Waals surface area contributed by atoms with E-state index in [1.807, 2.05) is 27.7 Å². The summed E-state index contributed by atoms with van der Waals surface area (Å²) in [6, 6.07) is -0.167. The highest BCUT2D eigenvalue weighted by molar-refractivity contribution is 7.15. The van der Waals surface area contributed by atoms with Crippen molar-refractivity contribution in [2.24, 2.45) is 10.9 Å². The standard InChI is InChI=1S/C25H34F3N5O3S/c1-14-6-5-9-33(14)23(35)19-20(37-22(31-19)21(34)30-15-7-10-36-11-8-15)16-13-29-18(32-24(2,3)4)12-17(16)25(26,27)28/h13-15,17H,5-12H2,1-4H3,(H,29,32)(H,30,34)/t14-,17?/m0/s1. The molecule has 37 heavy (non-hydrogen) atoms. The molecule has 4 heterocycles. The minimum Gasteiger partial charge on any atom is -0.381 e. The second-order valence-corrected chi connectivity index (χ2v) is 11.9. The van der Waals surface area contributed by atoms with Crippen molar-refractivity contribution in [3.8, 4) is 0 Å². The molecule has 2 N–H and O–H groups in total. The number of aliphatic imine (C=N–C) groups is 1. The number of hydrogen-bond acceptors (Lipinski definition) is 7. The van der Waals surface area contributed by atoms with E-state index in [1.165, 1.54) is 6.20 Å². The van der Waals surface area contributed by atoms with Gasteiger partial charge in [-0.05, 0) is 53.4 Å². The van der Waals surface area contributed by atoms with E-state index in [9.17, 15) is 22.8 Å². The molecule has 8 nitrogen and oxygen atoms in total. The largest absolute Gasteiger partial charge is 0.396 e. The van der Waals surface area contributed by atoms with Gasteiger partial charge in [0.25, 0.3) is 11.8 Å². The maximum Gasteiger partial charge on any atom is 0.396 e. The quantitative estimate of drug-likeness (QED) is 0.590. The topological polar surface area (TPSA) is 95.9 Å². The van der Waals surface area contributed by atoms with E-state index >= 15 is 0 Å². The molecule has 2 saturated heterocycles. The average molecular weight is 542 g/mol. The Kier molecular flexibility index (Phi) is 7.99. The minimum atomic E-state index is -4.58. The number of aromatic nitrogens is 1. The smallest absolute Gasteiger partial charge is 0.381 e. The van der Waals surface area contributed by atoms with Crippen LogP contribution in [0.4, 0.5) is 13.2 Å². The first-order valence-corrected chi connectivity index (χ1v) is 13.5. The second-order valence-electron chi connectivity index (χ2n) is 10.9. The van der Waals surface area contributed by atoms with E-state index in [0.29, 0.717) is 32.6 Å². The van der Waals surface area contributed by atoms with Crippen molar-refractivity contribution >= 4 is 34.6 Å². The number of amides is 2. The van der Waals surface area contributed by atoms with E-state index in [0.717, 1.165) is 24.2 Å². The van der Waals surface area contributed by atoms with Gasteiger partial charge in [-0.3, -0.25) is 9.59 Å². The molecule has 0 spiro atoms. The molecule has 2 atom stereocenters. The lowest BCUT2D eigenvalue weighted by Crippen LogP contribution is -2.43. The Morgan fingerprint density at radius 2 is 1.86 bits per heavy atom. The van der Waals surface area contributed by atoms with E-state index in [2.05, 4.69) is 20.6 Å². The maximum atomic E-state index is 14.3. The van der Waals surface area contributed by atoms with Crippen LogP contribution in [0.25, 0.3) is 5.57 Å². The van der Waals surface area contributed by atoms with Gasteiger partial charge in [-0.2, -0.15) is 13.2 Å². The third-order valence-corrected chi connectivity index (χ3v) is 7.81. The van der Waals surface area contributed by atoms with Gasteiger partial charge in [-0.1, -0.05) is 0 Å². The lowest BCUT2D eigenvalue weighted by molar-refractivity contribution is -0.156. The predicted octanol–water partition coefficient (Wildman–Crippen LogP) is 4.39. The van der Waals surface area contributed by atoms with Gasteiger partial charge in [0.2, 0.25) is 0 Å². The fraction of sp³-hybridized carbons (Fsp3) is 0.680. The Bertz CT molecular complexity index is 1090. The number of allylic oxidation sites excluding steroid dienone is 1. The molecule has 0 bridgehead atoms. The minimum absolute atomic E-state index is 0.0268. The Labute approximate surface area is 218 Å². The predicted molar refractivity (Wildman–Crippen MR) is 136 cm³/mol. The summed E-state index contributed by atoms with van der Waals surface area (Å²) in [6.45, 7) is 8.98. The number of ether oxygens (including phenoxy) is 1. The molecule has 3 aliphatic rings. The third-order valence-electron chi connectivity index (χ3n) is 6.70. The van der Waals surface area contributed by atoms with Crippen LogP contribution >= 0.6 is 11.3 Å². The molecule has 0 aromatic carbocycles. The molecule has 0 aliphatic carbocycles. The number of rotatable bonds is 4. The summed E-state index contributed by atoms with van der Waals surface area (Å²) in [4.78, 5) is 36.9. The molecule has 0 saturated carbocycles. The first-order chi connectivity index (χ1) is 17.3. The van der Waals surface area contributed by atoms with Crippen LogP contribution in [0, 0.1) is 5.92 Å². The molecule has 3 aliphatic heterocycles. The summed E-state index contributed by atoms with van der Waals surface area (Å²) >= 11 is 0.825. The fourth-order valence-corrected chi connectivity index (χ4v) is 5.86. The zero-order valence-corrected chi connectivity index (χ0v) is 22.4. The van der Waals surface area contributed by atoms with Crippen molar-refractivity contribution in [1.29, 1.82) is 0 Å². The molecular weight excluding hydrogens is 507 g/mol. The van der Waals surface area contributed by atoms with Gasteiger partial charge in [0.05, 0.1) is 10.8 Å². The summed E-state index contributed by atoms with van der Waals surface area (Å²) in [6.07, 6.45) is -0.898. The van der Waals surface area contributed by atoms with Crippen LogP contribution in [0.2, 0.25) is 0 Å². The van der Waals surface area contributed by atoms with Crippen LogP contribution in [0.5, 0.6) is 0 Å². The van der Waals surface area contributed by atoms with Crippen molar-refractivity contribution in [2.75, 3.05) is 19.8 Å². The molecule has 12 heteroatoms. The van der Waals surface area contributed by atoms with Gasteiger partial charge in [0.15, 0.2) is 5.01 Å². The molecule has 2 fully saturated rings. The second kappa shape index (κ2) is 10.7. The molecule has 1 aromatic heterocycles. The zero-order chi connectivity index (χ0) is 27.0. The van der Waals surface area contributed by atoms with Crippen molar-refractivity contribution in [1.82, 2.24) is 20.5 Å². The summed E-state index contributed by atoms with van der Waals surface area (Å²) in [5.41, 5.74) is -0.712. The Balaban J connectivity index is 1.74. The highest BCUT2D eigenvalue weighted by Crippen LogP contribution is 2.44. The SMILES string of the molecule is C[C@H]1CCCN1C(=O)c1nc(C(=O)NC2CCOCC2)sc1C1=CN=C(NC(C)(C)C)CC1C(F)(F)F. The van der Waals surface area contributed by atoms with E-state index in [-0.39, 0.29) is 45.5 Å². The number of likely N-dealkylation sites (tertiary alicyclic amines) is 1. The lowest BCUT2D eigenvalue weighted by atomic mass is 9.90. The van der Waals surface area contributed by atoms with Crippen molar-refractivity contribution < 1.29 is 27.5 Å². The van der Waals surface area contributed by atoms with Gasteiger partial charge < -0.3 is 20.3 Å². The Morgan fingerprint density at radius 1 is 1.16 bits per heavy atom. The number of carbonyl (C=O) groups excluding carboxylic acids is 2. The van der Waals surface area contributed by atoms with Gasteiger partial charge in [0.1, 0.15) is 11.5 Å². The molecule has 4 rings (SSSR count). The molecule has 204 valence electrons. The fourth-order valence-electron chi connectivity index (χ4n) is 4.84. The Morgan fingerprint density at radius 3 is 2.46 bits per heavy atom. The van der Waals surface area contributed by atoms with Crippen LogP contribution in [0.15, 0.2) is 11.2 Å². The van der Waals surface area contributed by atoms with E-state index in [4.69, 9.17) is 4.74 Å². The van der Waals surface area contributed by atoms with Crippen molar-refractivity contribution in [2.45, 2.75) is 83.6 Å². The van der Waals surface area contributed by atoms with Crippen LogP contribution in [-0.4, -0.2) is 71.1 Å². The van der Waals surface area contributed by atoms with Gasteiger partial charge in [-0.15, -0.1) is 11.3 Å². The Hall–Kier alpha value is -2.47. The summed E-state index contributed by atoms with van der Waals surface area (Å²) in [7, 11) is 0. The van der Waals surface area contributed by atoms with E-state index in [1.54, 1.807) is 4.90 Å². The average Bonchev–Trinajstić information content (AvgIpc) is 3.44. The van der Waals surface area contributed by atoms with Crippen molar-refractivity contribution in [3.05, 3.63) is 21.8 Å². The highest BCUT2D eigenvalue weighted by Gasteiger charge is 2.46. The van der Waals surface area contributed by atoms with Gasteiger partial charge >= 0.3 is 6.18 Å². The number of carbonyl (C=O) groups is 2. The highest BCUT2D eigenvalue weighted by atomic mass is 32.1. The number of thiazole rings is 1. The molecule has 1 aromatic rings. The molecule has 0 radical (unpaired) electrons. The molecular formula is C25H34F3N5O3S. The van der Waals surface area contributed by atoms with Crippen molar-refractivity contribution in [3.63, 3.8) is 0 Å². The van der Waals surface area contributed by atoms with Crippen LogP contribution in [-0.2, 0) is 4.74 Å². The van der Waals surface area contributed by atoms with Crippen LogP contribution in [0.3, 0.4) is 0 Å². The maximum absolute atomic E-state index is 14.3. The number of nitrogens with one attached hydrogen (secondary N) is 2. The molecule has 1 unspecified atom stereocenters.